The van der Waals surface area contributed by atoms with Gasteiger partial charge in [0.05, 0.1) is 0 Å². The number of fused-ring (bicyclic) bond motifs is 1. The van der Waals surface area contributed by atoms with Crippen LogP contribution in [-0.4, -0.2) is 6.04 Å². The molecule has 104 valence electrons. The number of nitrogens with one attached hydrogen (secondary N) is 1. The van der Waals surface area contributed by atoms with Crippen LogP contribution in [0, 0.1) is 6.92 Å². The molecule has 1 aliphatic rings. The van der Waals surface area contributed by atoms with Crippen LogP contribution in [0.15, 0.2) is 46.9 Å². The highest BCUT2D eigenvalue weighted by Crippen LogP contribution is 2.25. The Kier molecular flexibility index (Phi) is 4.23. The van der Waals surface area contributed by atoms with Crippen LogP contribution >= 0.6 is 15.9 Å². The van der Waals surface area contributed by atoms with Gasteiger partial charge in [0.25, 0.3) is 0 Å². The normalized spacial score (nSPS) is 17.8. The second-order valence-electron chi connectivity index (χ2n) is 5.72. The molecule has 0 saturated carbocycles. The van der Waals surface area contributed by atoms with Gasteiger partial charge in [0.15, 0.2) is 0 Å². The molecule has 0 fully saturated rings. The van der Waals surface area contributed by atoms with Crippen LogP contribution in [0.2, 0.25) is 0 Å². The lowest BCUT2D eigenvalue weighted by Gasteiger charge is -2.26. The number of halogens is 1. The molecule has 1 unspecified atom stereocenters. The molecule has 2 heteroatoms. The van der Waals surface area contributed by atoms with Gasteiger partial charge in [-0.2, -0.15) is 0 Å². The lowest BCUT2D eigenvalue weighted by Crippen LogP contribution is -2.34. The van der Waals surface area contributed by atoms with E-state index in [9.17, 15) is 0 Å². The van der Waals surface area contributed by atoms with E-state index in [1.165, 1.54) is 39.6 Å². The quantitative estimate of drug-likeness (QED) is 0.879. The van der Waals surface area contributed by atoms with Gasteiger partial charge < -0.3 is 5.32 Å². The maximum atomic E-state index is 3.71. The molecule has 0 aromatic heterocycles. The average Bonchev–Trinajstić information content (AvgIpc) is 2.45. The van der Waals surface area contributed by atoms with Gasteiger partial charge in [-0.25, -0.2) is 0 Å². The summed E-state index contributed by atoms with van der Waals surface area (Å²) in [6.07, 6.45) is 3.56. The summed E-state index contributed by atoms with van der Waals surface area (Å²) >= 11 is 3.56. The third-order valence-corrected chi connectivity index (χ3v) is 4.57. The largest absolute Gasteiger partial charge is 0.310 e. The smallest absolute Gasteiger partial charge is 0.0208 e. The number of hydrogen-bond acceptors (Lipinski definition) is 1. The fourth-order valence-corrected chi connectivity index (χ4v) is 3.39. The maximum absolute atomic E-state index is 3.71. The molecule has 2 aromatic rings. The Morgan fingerprint density at radius 3 is 2.90 bits per heavy atom. The van der Waals surface area contributed by atoms with Gasteiger partial charge in [-0.05, 0) is 55.0 Å². The van der Waals surface area contributed by atoms with Crippen LogP contribution in [0.1, 0.15) is 28.7 Å². The van der Waals surface area contributed by atoms with Crippen molar-refractivity contribution in [3.05, 3.63) is 69.2 Å². The Hall–Kier alpha value is -1.12. The van der Waals surface area contributed by atoms with E-state index in [1.807, 2.05) is 0 Å². The van der Waals surface area contributed by atoms with Crippen LogP contribution in [0.25, 0.3) is 0 Å². The lowest BCUT2D eigenvalue weighted by molar-refractivity contribution is 0.457. The van der Waals surface area contributed by atoms with E-state index < -0.39 is 0 Å². The fourth-order valence-electron chi connectivity index (χ4n) is 2.98. The third kappa shape index (κ3) is 3.31. The zero-order valence-electron chi connectivity index (χ0n) is 11.8. The van der Waals surface area contributed by atoms with Gasteiger partial charge in [-0.15, -0.1) is 0 Å². The van der Waals surface area contributed by atoms with E-state index >= 15 is 0 Å². The summed E-state index contributed by atoms with van der Waals surface area (Å²) in [5, 5.41) is 3.71. The molecule has 0 saturated heterocycles. The van der Waals surface area contributed by atoms with E-state index in [1.54, 1.807) is 0 Å². The van der Waals surface area contributed by atoms with Crippen LogP contribution in [0.5, 0.6) is 0 Å². The second-order valence-corrected chi connectivity index (χ2v) is 6.64. The Morgan fingerprint density at radius 2 is 2.05 bits per heavy atom. The highest BCUT2D eigenvalue weighted by atomic mass is 79.9. The van der Waals surface area contributed by atoms with Crippen LogP contribution in [0.4, 0.5) is 0 Å². The van der Waals surface area contributed by atoms with Crippen molar-refractivity contribution < 1.29 is 0 Å². The topological polar surface area (TPSA) is 12.0 Å². The summed E-state index contributed by atoms with van der Waals surface area (Å²) < 4.78 is 1.20. The first kappa shape index (κ1) is 13.8. The van der Waals surface area contributed by atoms with Gasteiger partial charge in [-0.3, -0.25) is 0 Å². The number of benzene rings is 2. The molecular weight excluding hydrogens is 310 g/mol. The van der Waals surface area contributed by atoms with E-state index in [-0.39, 0.29) is 0 Å². The fraction of sp³-hybridized carbons (Fsp3) is 0.333. The molecule has 0 aliphatic heterocycles. The first-order chi connectivity index (χ1) is 9.70. The van der Waals surface area contributed by atoms with Crippen LogP contribution in [-0.2, 0) is 19.4 Å². The van der Waals surface area contributed by atoms with Crippen molar-refractivity contribution in [1.82, 2.24) is 5.32 Å². The van der Waals surface area contributed by atoms with Gasteiger partial charge in [0.1, 0.15) is 0 Å². The Morgan fingerprint density at radius 1 is 1.15 bits per heavy atom. The van der Waals surface area contributed by atoms with E-state index in [2.05, 4.69) is 70.6 Å². The zero-order chi connectivity index (χ0) is 13.9. The summed E-state index contributed by atoms with van der Waals surface area (Å²) in [5.74, 6) is 0. The van der Waals surface area contributed by atoms with E-state index in [4.69, 9.17) is 0 Å². The second kappa shape index (κ2) is 6.11. The van der Waals surface area contributed by atoms with Crippen LogP contribution in [0.3, 0.4) is 0 Å². The molecule has 3 rings (SSSR count). The predicted octanol–water partition coefficient (Wildman–Crippen LogP) is 4.40. The summed E-state index contributed by atoms with van der Waals surface area (Å²) in [6, 6.07) is 16.0. The third-order valence-electron chi connectivity index (χ3n) is 4.07. The Labute approximate surface area is 129 Å². The van der Waals surface area contributed by atoms with E-state index in [0.717, 1.165) is 13.0 Å². The highest BCUT2D eigenvalue weighted by molar-refractivity contribution is 9.10. The summed E-state index contributed by atoms with van der Waals surface area (Å²) in [5.41, 5.74) is 5.73. The number of rotatable bonds is 3. The first-order valence-corrected chi connectivity index (χ1v) is 8.06. The average molecular weight is 330 g/mol. The SMILES string of the molecule is Cc1cccc(CNC2CCc3cc(Br)ccc3C2)c1. The van der Waals surface area contributed by atoms with Crippen molar-refractivity contribution in [3.8, 4) is 0 Å². The molecule has 0 bridgehead atoms. The van der Waals surface area contributed by atoms with Gasteiger partial charge >= 0.3 is 0 Å². The maximum Gasteiger partial charge on any atom is 0.0208 e. The van der Waals surface area contributed by atoms with Gasteiger partial charge in [0.2, 0.25) is 0 Å². The molecule has 1 nitrogen and oxygen atoms in total. The summed E-state index contributed by atoms with van der Waals surface area (Å²) in [6.45, 7) is 3.12. The minimum Gasteiger partial charge on any atom is -0.310 e. The van der Waals surface area contributed by atoms with Crippen molar-refractivity contribution >= 4 is 15.9 Å². The Bertz CT molecular complexity index is 606. The first-order valence-electron chi connectivity index (χ1n) is 7.27. The molecule has 0 heterocycles. The van der Waals surface area contributed by atoms with Crippen molar-refractivity contribution in [2.45, 2.75) is 38.8 Å². The number of aryl methyl sites for hydroxylation is 2. The molecule has 20 heavy (non-hydrogen) atoms. The molecular formula is C18H20BrN. The van der Waals surface area contributed by atoms with E-state index in [0.29, 0.717) is 6.04 Å². The molecule has 0 radical (unpaired) electrons. The Balaban J connectivity index is 1.62. The molecule has 0 amide bonds. The van der Waals surface area contributed by atoms with Crippen molar-refractivity contribution in [3.63, 3.8) is 0 Å². The molecule has 1 N–H and O–H groups in total. The standard InChI is InChI=1S/C18H20BrN/c1-13-3-2-4-14(9-13)12-20-18-8-6-15-10-17(19)7-5-16(15)11-18/h2-5,7,9-10,18,20H,6,8,11-12H2,1H3. The van der Waals surface area contributed by atoms with Gasteiger partial charge in [0, 0.05) is 17.1 Å². The molecule has 1 aliphatic carbocycles. The summed E-state index contributed by atoms with van der Waals surface area (Å²) in [7, 11) is 0. The summed E-state index contributed by atoms with van der Waals surface area (Å²) in [4.78, 5) is 0. The zero-order valence-corrected chi connectivity index (χ0v) is 13.4. The molecule has 0 spiro atoms. The highest BCUT2D eigenvalue weighted by Gasteiger charge is 2.18. The van der Waals surface area contributed by atoms with Crippen LogP contribution < -0.4 is 5.32 Å². The van der Waals surface area contributed by atoms with Crippen molar-refractivity contribution in [2.75, 3.05) is 0 Å². The minimum atomic E-state index is 0.601. The van der Waals surface area contributed by atoms with Crippen molar-refractivity contribution in [2.24, 2.45) is 0 Å². The lowest BCUT2D eigenvalue weighted by atomic mass is 9.88. The minimum absolute atomic E-state index is 0.601. The monoisotopic (exact) mass is 329 g/mol. The van der Waals surface area contributed by atoms with Gasteiger partial charge in [-0.1, -0.05) is 51.8 Å². The number of hydrogen-bond donors (Lipinski definition) is 1. The van der Waals surface area contributed by atoms with Crippen molar-refractivity contribution in [1.29, 1.82) is 0 Å². The molecule has 1 atom stereocenters. The predicted molar refractivity (Wildman–Crippen MR) is 88.0 cm³/mol. The molecule has 2 aromatic carbocycles.